The molecule has 0 saturated heterocycles. The SMILES string of the molecule is COc1cc(C(=O)O)ccc1-c1ccc(CCNC[C@H](O)c2cccnc2)cc1. The van der Waals surface area contributed by atoms with Crippen molar-refractivity contribution < 1.29 is 19.7 Å². The second kappa shape index (κ2) is 9.82. The Kier molecular flexibility index (Phi) is 6.94. The number of methoxy groups -OCH3 is 1. The fraction of sp³-hybridized carbons (Fsp3) is 0.217. The Morgan fingerprint density at radius 3 is 2.62 bits per heavy atom. The topological polar surface area (TPSA) is 91.7 Å². The first-order valence-electron chi connectivity index (χ1n) is 9.38. The van der Waals surface area contributed by atoms with Gasteiger partial charge in [-0.05, 0) is 48.4 Å². The summed E-state index contributed by atoms with van der Waals surface area (Å²) in [6.07, 6.45) is 3.60. The highest BCUT2D eigenvalue weighted by Gasteiger charge is 2.11. The molecule has 0 bridgehead atoms. The number of carboxylic acid groups (broad SMARTS) is 1. The molecule has 3 N–H and O–H groups in total. The normalized spacial score (nSPS) is 11.8. The molecule has 2 aromatic carbocycles. The zero-order valence-corrected chi connectivity index (χ0v) is 16.2. The predicted molar refractivity (Wildman–Crippen MR) is 111 cm³/mol. The molecule has 0 spiro atoms. The number of aromatic nitrogens is 1. The second-order valence-corrected chi connectivity index (χ2v) is 6.67. The van der Waals surface area contributed by atoms with E-state index in [1.165, 1.54) is 18.7 Å². The van der Waals surface area contributed by atoms with Gasteiger partial charge in [0.2, 0.25) is 0 Å². The van der Waals surface area contributed by atoms with Crippen molar-refractivity contribution in [3.05, 3.63) is 83.7 Å². The third-order valence-corrected chi connectivity index (χ3v) is 4.71. The number of aromatic carboxylic acids is 1. The summed E-state index contributed by atoms with van der Waals surface area (Å²) in [7, 11) is 1.53. The molecule has 0 unspecified atom stereocenters. The summed E-state index contributed by atoms with van der Waals surface area (Å²) >= 11 is 0. The fourth-order valence-electron chi connectivity index (χ4n) is 3.08. The van der Waals surface area contributed by atoms with Crippen molar-refractivity contribution in [2.45, 2.75) is 12.5 Å². The van der Waals surface area contributed by atoms with Crippen molar-refractivity contribution in [1.29, 1.82) is 0 Å². The minimum absolute atomic E-state index is 0.196. The second-order valence-electron chi connectivity index (χ2n) is 6.67. The van der Waals surface area contributed by atoms with E-state index in [9.17, 15) is 9.90 Å². The molecule has 0 aliphatic carbocycles. The zero-order chi connectivity index (χ0) is 20.6. The number of ether oxygens (including phenoxy) is 1. The van der Waals surface area contributed by atoms with Crippen LogP contribution in [0, 0.1) is 0 Å². The molecular weight excluding hydrogens is 368 g/mol. The predicted octanol–water partition coefficient (Wildman–Crippen LogP) is 3.32. The summed E-state index contributed by atoms with van der Waals surface area (Å²) in [5.74, 6) is -0.449. The van der Waals surface area contributed by atoms with Crippen LogP contribution in [-0.2, 0) is 6.42 Å². The number of carbonyl (C=O) groups is 1. The Bertz CT molecular complexity index is 943. The number of nitrogens with zero attached hydrogens (tertiary/aromatic N) is 1. The van der Waals surface area contributed by atoms with Crippen molar-refractivity contribution in [2.75, 3.05) is 20.2 Å². The number of hydrogen-bond donors (Lipinski definition) is 3. The van der Waals surface area contributed by atoms with Crippen molar-refractivity contribution in [3.63, 3.8) is 0 Å². The van der Waals surface area contributed by atoms with Crippen LogP contribution >= 0.6 is 0 Å². The molecule has 150 valence electrons. The molecule has 6 heteroatoms. The molecule has 3 rings (SSSR count). The Hall–Kier alpha value is -3.22. The summed E-state index contributed by atoms with van der Waals surface area (Å²) < 4.78 is 5.36. The molecule has 29 heavy (non-hydrogen) atoms. The van der Waals surface area contributed by atoms with E-state index in [0.29, 0.717) is 12.3 Å². The maximum Gasteiger partial charge on any atom is 0.335 e. The van der Waals surface area contributed by atoms with Crippen LogP contribution in [0.15, 0.2) is 67.0 Å². The highest BCUT2D eigenvalue weighted by Crippen LogP contribution is 2.31. The minimum atomic E-state index is -0.980. The zero-order valence-electron chi connectivity index (χ0n) is 16.2. The Labute approximate surface area is 169 Å². The van der Waals surface area contributed by atoms with Gasteiger partial charge in [-0.3, -0.25) is 4.98 Å². The summed E-state index contributed by atoms with van der Waals surface area (Å²) in [6, 6.07) is 16.6. The van der Waals surface area contributed by atoms with E-state index in [1.54, 1.807) is 24.5 Å². The van der Waals surface area contributed by atoms with E-state index in [0.717, 1.165) is 29.7 Å². The third kappa shape index (κ3) is 5.40. The minimum Gasteiger partial charge on any atom is -0.496 e. The lowest BCUT2D eigenvalue weighted by molar-refractivity contribution is 0.0696. The molecule has 0 fully saturated rings. The van der Waals surface area contributed by atoms with Gasteiger partial charge in [0, 0.05) is 30.1 Å². The van der Waals surface area contributed by atoms with Crippen LogP contribution in [0.5, 0.6) is 5.75 Å². The first kappa shape index (κ1) is 20.5. The molecule has 0 aliphatic heterocycles. The fourth-order valence-corrected chi connectivity index (χ4v) is 3.08. The van der Waals surface area contributed by atoms with Gasteiger partial charge in [0.15, 0.2) is 0 Å². The number of carboxylic acids is 1. The molecule has 0 saturated carbocycles. The van der Waals surface area contributed by atoms with Crippen molar-refractivity contribution in [3.8, 4) is 16.9 Å². The van der Waals surface area contributed by atoms with Gasteiger partial charge in [-0.25, -0.2) is 4.79 Å². The summed E-state index contributed by atoms with van der Waals surface area (Å²) in [4.78, 5) is 15.1. The van der Waals surface area contributed by atoms with Crippen LogP contribution in [-0.4, -0.2) is 41.4 Å². The summed E-state index contributed by atoms with van der Waals surface area (Å²) in [5, 5.41) is 22.5. The summed E-state index contributed by atoms with van der Waals surface area (Å²) in [5.41, 5.74) is 3.97. The van der Waals surface area contributed by atoms with Gasteiger partial charge in [0.05, 0.1) is 18.8 Å². The van der Waals surface area contributed by atoms with E-state index in [1.807, 2.05) is 36.4 Å². The van der Waals surface area contributed by atoms with Gasteiger partial charge in [0.25, 0.3) is 0 Å². The lowest BCUT2D eigenvalue weighted by Crippen LogP contribution is -2.23. The van der Waals surface area contributed by atoms with Crippen LogP contribution in [0.3, 0.4) is 0 Å². The molecule has 1 aromatic heterocycles. The molecule has 0 amide bonds. The van der Waals surface area contributed by atoms with Crippen LogP contribution in [0.4, 0.5) is 0 Å². The van der Waals surface area contributed by atoms with Crippen LogP contribution in [0.1, 0.15) is 27.6 Å². The van der Waals surface area contributed by atoms with Crippen molar-refractivity contribution in [1.82, 2.24) is 10.3 Å². The van der Waals surface area contributed by atoms with Gasteiger partial charge in [-0.2, -0.15) is 0 Å². The average molecular weight is 392 g/mol. The Balaban J connectivity index is 1.56. The molecule has 1 heterocycles. The lowest BCUT2D eigenvalue weighted by atomic mass is 10.0. The quantitative estimate of drug-likeness (QED) is 0.484. The van der Waals surface area contributed by atoms with Crippen molar-refractivity contribution in [2.24, 2.45) is 0 Å². The number of hydrogen-bond acceptors (Lipinski definition) is 5. The number of rotatable bonds is 9. The molecule has 0 aliphatic rings. The van der Waals surface area contributed by atoms with E-state index in [2.05, 4.69) is 10.3 Å². The highest BCUT2D eigenvalue weighted by atomic mass is 16.5. The highest BCUT2D eigenvalue weighted by molar-refractivity contribution is 5.89. The number of nitrogens with one attached hydrogen (secondary N) is 1. The third-order valence-electron chi connectivity index (χ3n) is 4.71. The van der Waals surface area contributed by atoms with E-state index >= 15 is 0 Å². The number of aliphatic hydroxyl groups is 1. The van der Waals surface area contributed by atoms with Crippen LogP contribution < -0.4 is 10.1 Å². The van der Waals surface area contributed by atoms with Crippen LogP contribution in [0.25, 0.3) is 11.1 Å². The van der Waals surface area contributed by atoms with E-state index in [-0.39, 0.29) is 5.56 Å². The largest absolute Gasteiger partial charge is 0.496 e. The number of aliphatic hydroxyl groups excluding tert-OH is 1. The number of pyridine rings is 1. The lowest BCUT2D eigenvalue weighted by Gasteiger charge is -2.12. The monoisotopic (exact) mass is 392 g/mol. The molecule has 3 aromatic rings. The first-order chi connectivity index (χ1) is 14.1. The van der Waals surface area contributed by atoms with E-state index < -0.39 is 12.1 Å². The van der Waals surface area contributed by atoms with Gasteiger partial charge in [0.1, 0.15) is 5.75 Å². The molecule has 6 nitrogen and oxygen atoms in total. The van der Waals surface area contributed by atoms with Gasteiger partial charge in [-0.1, -0.05) is 30.3 Å². The van der Waals surface area contributed by atoms with Crippen molar-refractivity contribution >= 4 is 5.97 Å². The number of benzene rings is 2. The average Bonchev–Trinajstić information content (AvgIpc) is 2.77. The van der Waals surface area contributed by atoms with Gasteiger partial charge < -0.3 is 20.3 Å². The molecular formula is C23H24N2O4. The first-order valence-corrected chi connectivity index (χ1v) is 9.38. The van der Waals surface area contributed by atoms with E-state index in [4.69, 9.17) is 9.84 Å². The maximum absolute atomic E-state index is 11.1. The van der Waals surface area contributed by atoms with Crippen LogP contribution in [0.2, 0.25) is 0 Å². The standard InChI is InChI=1S/C23H24N2O4/c1-29-22-13-18(23(27)28)8-9-20(22)17-6-4-16(5-7-17)10-12-25-15-21(26)19-3-2-11-24-14-19/h2-9,11,13-14,21,25-26H,10,12,15H2,1H3,(H,27,28)/t21-/m0/s1. The maximum atomic E-state index is 11.1. The van der Waals surface area contributed by atoms with Gasteiger partial charge in [-0.15, -0.1) is 0 Å². The smallest absolute Gasteiger partial charge is 0.335 e. The molecule has 0 radical (unpaired) electrons. The van der Waals surface area contributed by atoms with Gasteiger partial charge >= 0.3 is 5.97 Å². The Morgan fingerprint density at radius 1 is 1.17 bits per heavy atom. The molecule has 1 atom stereocenters. The summed E-state index contributed by atoms with van der Waals surface area (Å²) in [6.45, 7) is 1.21. The Morgan fingerprint density at radius 2 is 1.97 bits per heavy atom.